The lowest BCUT2D eigenvalue weighted by Gasteiger charge is -2.20. The van der Waals surface area contributed by atoms with E-state index in [1.807, 2.05) is 0 Å². The summed E-state index contributed by atoms with van der Waals surface area (Å²) in [6.07, 6.45) is 10.2. The number of carbonyl (C=O) groups is 2. The zero-order chi connectivity index (χ0) is 14.4. The molecule has 2 aliphatic carbocycles. The predicted octanol–water partition coefficient (Wildman–Crippen LogP) is 2.14. The molecule has 0 aromatic carbocycles. The van der Waals surface area contributed by atoms with Gasteiger partial charge in [0, 0.05) is 13.1 Å². The molecule has 20 heavy (non-hydrogen) atoms. The number of hydrogen-bond acceptors (Lipinski definition) is 2. The molecule has 3 unspecified atom stereocenters. The van der Waals surface area contributed by atoms with Crippen LogP contribution in [0.5, 0.6) is 0 Å². The molecule has 2 rings (SSSR count). The lowest BCUT2D eigenvalue weighted by molar-refractivity contribution is -0.142. The topological polar surface area (TPSA) is 78.4 Å². The summed E-state index contributed by atoms with van der Waals surface area (Å²) < 4.78 is 0. The van der Waals surface area contributed by atoms with Crippen molar-refractivity contribution in [1.29, 1.82) is 0 Å². The first-order chi connectivity index (χ1) is 9.66. The van der Waals surface area contributed by atoms with Crippen LogP contribution in [0.3, 0.4) is 0 Å². The molecule has 0 saturated heterocycles. The SMILES string of the molecule is O=C(NCC1CC=CCC1)NCC1CCCC1C(=O)O. The van der Waals surface area contributed by atoms with E-state index >= 15 is 0 Å². The molecule has 1 fully saturated rings. The largest absolute Gasteiger partial charge is 0.481 e. The first kappa shape index (κ1) is 14.9. The Balaban J connectivity index is 1.64. The molecule has 1 saturated carbocycles. The third-order valence-corrected chi connectivity index (χ3v) is 4.43. The van der Waals surface area contributed by atoms with Gasteiger partial charge in [0.2, 0.25) is 0 Å². The number of urea groups is 1. The van der Waals surface area contributed by atoms with Gasteiger partial charge in [-0.1, -0.05) is 18.6 Å². The molecule has 3 atom stereocenters. The maximum absolute atomic E-state index is 11.7. The van der Waals surface area contributed by atoms with E-state index in [9.17, 15) is 9.59 Å². The van der Waals surface area contributed by atoms with Crippen LogP contribution in [0, 0.1) is 17.8 Å². The Morgan fingerprint density at radius 1 is 1.10 bits per heavy atom. The van der Waals surface area contributed by atoms with Crippen molar-refractivity contribution in [2.75, 3.05) is 13.1 Å². The van der Waals surface area contributed by atoms with E-state index < -0.39 is 5.97 Å². The van der Waals surface area contributed by atoms with Gasteiger partial charge in [0.05, 0.1) is 5.92 Å². The normalized spacial score (nSPS) is 29.1. The van der Waals surface area contributed by atoms with Gasteiger partial charge in [-0.3, -0.25) is 4.79 Å². The monoisotopic (exact) mass is 280 g/mol. The fourth-order valence-electron chi connectivity index (χ4n) is 3.17. The summed E-state index contributed by atoms with van der Waals surface area (Å²) in [5.41, 5.74) is 0. The van der Waals surface area contributed by atoms with E-state index in [1.54, 1.807) is 0 Å². The van der Waals surface area contributed by atoms with Crippen LogP contribution < -0.4 is 10.6 Å². The molecular weight excluding hydrogens is 256 g/mol. The number of carboxylic acids is 1. The molecule has 2 amide bonds. The van der Waals surface area contributed by atoms with Gasteiger partial charge in [-0.2, -0.15) is 0 Å². The molecule has 0 spiro atoms. The summed E-state index contributed by atoms with van der Waals surface area (Å²) in [7, 11) is 0. The van der Waals surface area contributed by atoms with Crippen LogP contribution in [0.25, 0.3) is 0 Å². The second-order valence-electron chi connectivity index (χ2n) is 5.88. The van der Waals surface area contributed by atoms with Gasteiger partial charge >= 0.3 is 12.0 Å². The Bertz CT molecular complexity index is 381. The van der Waals surface area contributed by atoms with Crippen LogP contribution >= 0.6 is 0 Å². The van der Waals surface area contributed by atoms with Crippen LogP contribution in [0.4, 0.5) is 4.79 Å². The molecule has 0 bridgehead atoms. The van der Waals surface area contributed by atoms with Gasteiger partial charge in [-0.15, -0.1) is 0 Å². The second kappa shape index (κ2) is 7.31. The molecule has 0 radical (unpaired) electrons. The standard InChI is InChI=1S/C15H24N2O3/c18-14(19)13-8-4-7-12(13)10-17-15(20)16-9-11-5-2-1-3-6-11/h1-2,11-13H,3-10H2,(H,18,19)(H2,16,17,20). The van der Waals surface area contributed by atoms with E-state index in [-0.39, 0.29) is 17.9 Å². The molecular formula is C15H24N2O3. The number of rotatable bonds is 5. The van der Waals surface area contributed by atoms with Crippen LogP contribution in [0.15, 0.2) is 12.2 Å². The number of carbonyl (C=O) groups excluding carboxylic acids is 1. The van der Waals surface area contributed by atoms with Crippen LogP contribution in [-0.4, -0.2) is 30.2 Å². The van der Waals surface area contributed by atoms with Crippen molar-refractivity contribution in [1.82, 2.24) is 10.6 Å². The molecule has 0 heterocycles. The molecule has 3 N–H and O–H groups in total. The van der Waals surface area contributed by atoms with E-state index in [1.165, 1.54) is 0 Å². The Hall–Kier alpha value is -1.52. The van der Waals surface area contributed by atoms with Crippen molar-refractivity contribution in [3.8, 4) is 0 Å². The molecule has 0 aliphatic heterocycles. The smallest absolute Gasteiger partial charge is 0.314 e. The Morgan fingerprint density at radius 3 is 2.60 bits per heavy atom. The number of carboxylic acid groups (broad SMARTS) is 1. The summed E-state index contributed by atoms with van der Waals surface area (Å²) in [6, 6.07) is -0.171. The minimum absolute atomic E-state index is 0.0795. The molecule has 5 heteroatoms. The highest BCUT2D eigenvalue weighted by atomic mass is 16.4. The quantitative estimate of drug-likeness (QED) is 0.675. The van der Waals surface area contributed by atoms with Crippen LogP contribution in [0.2, 0.25) is 0 Å². The zero-order valence-electron chi connectivity index (χ0n) is 11.8. The Morgan fingerprint density at radius 2 is 1.90 bits per heavy atom. The van der Waals surface area contributed by atoms with Gasteiger partial charge in [0.15, 0.2) is 0 Å². The number of allylic oxidation sites excluding steroid dienone is 2. The number of aliphatic carboxylic acids is 1. The predicted molar refractivity (Wildman–Crippen MR) is 76.3 cm³/mol. The summed E-state index contributed by atoms with van der Waals surface area (Å²) in [4.78, 5) is 22.8. The molecule has 112 valence electrons. The minimum atomic E-state index is -0.733. The minimum Gasteiger partial charge on any atom is -0.481 e. The number of amides is 2. The van der Waals surface area contributed by atoms with Gasteiger partial charge in [-0.25, -0.2) is 4.79 Å². The third kappa shape index (κ3) is 4.25. The Labute approximate surface area is 119 Å². The van der Waals surface area contributed by atoms with Gasteiger partial charge in [0.1, 0.15) is 0 Å². The molecule has 0 aromatic heterocycles. The highest BCUT2D eigenvalue weighted by molar-refractivity contribution is 5.74. The summed E-state index contributed by atoms with van der Waals surface area (Å²) >= 11 is 0. The highest BCUT2D eigenvalue weighted by Gasteiger charge is 2.32. The number of hydrogen-bond donors (Lipinski definition) is 3. The van der Waals surface area contributed by atoms with Crippen molar-refractivity contribution in [3.05, 3.63) is 12.2 Å². The lowest BCUT2D eigenvalue weighted by Crippen LogP contribution is -2.41. The fourth-order valence-corrected chi connectivity index (χ4v) is 3.17. The van der Waals surface area contributed by atoms with Crippen molar-refractivity contribution < 1.29 is 14.7 Å². The summed E-state index contributed by atoms with van der Waals surface area (Å²) in [6.45, 7) is 1.16. The van der Waals surface area contributed by atoms with Crippen molar-refractivity contribution in [2.45, 2.75) is 38.5 Å². The summed E-state index contributed by atoms with van der Waals surface area (Å²) in [5, 5.41) is 14.8. The van der Waals surface area contributed by atoms with Crippen LogP contribution in [-0.2, 0) is 4.79 Å². The van der Waals surface area contributed by atoms with Gasteiger partial charge < -0.3 is 15.7 Å². The lowest BCUT2D eigenvalue weighted by atomic mass is 9.94. The van der Waals surface area contributed by atoms with Crippen molar-refractivity contribution >= 4 is 12.0 Å². The van der Waals surface area contributed by atoms with E-state index in [4.69, 9.17) is 5.11 Å². The van der Waals surface area contributed by atoms with E-state index in [2.05, 4.69) is 22.8 Å². The third-order valence-electron chi connectivity index (χ3n) is 4.43. The maximum Gasteiger partial charge on any atom is 0.314 e. The Kier molecular flexibility index (Phi) is 5.44. The second-order valence-corrected chi connectivity index (χ2v) is 5.88. The molecule has 0 aromatic rings. The maximum atomic E-state index is 11.7. The van der Waals surface area contributed by atoms with Crippen molar-refractivity contribution in [3.63, 3.8) is 0 Å². The fraction of sp³-hybridized carbons (Fsp3) is 0.733. The first-order valence-corrected chi connectivity index (χ1v) is 7.56. The van der Waals surface area contributed by atoms with E-state index in [0.29, 0.717) is 19.0 Å². The zero-order valence-corrected chi connectivity index (χ0v) is 11.8. The first-order valence-electron chi connectivity index (χ1n) is 7.56. The molecule has 5 nitrogen and oxygen atoms in total. The van der Waals surface area contributed by atoms with Crippen LogP contribution in [0.1, 0.15) is 38.5 Å². The molecule has 2 aliphatic rings. The number of nitrogens with one attached hydrogen (secondary N) is 2. The highest BCUT2D eigenvalue weighted by Crippen LogP contribution is 2.31. The summed E-state index contributed by atoms with van der Waals surface area (Å²) in [5.74, 6) is -0.414. The van der Waals surface area contributed by atoms with Gasteiger partial charge in [0.25, 0.3) is 0 Å². The average Bonchev–Trinajstić information content (AvgIpc) is 2.92. The average molecular weight is 280 g/mol. The van der Waals surface area contributed by atoms with Crippen molar-refractivity contribution in [2.24, 2.45) is 17.8 Å². The van der Waals surface area contributed by atoms with Gasteiger partial charge in [-0.05, 0) is 43.9 Å². The van der Waals surface area contributed by atoms with E-state index in [0.717, 1.165) is 38.5 Å².